The Hall–Kier alpha value is -3.32. The zero-order valence-electron chi connectivity index (χ0n) is 15.4. The molecule has 0 unspecified atom stereocenters. The summed E-state index contributed by atoms with van der Waals surface area (Å²) in [5.41, 5.74) is 4.04. The highest BCUT2D eigenvalue weighted by molar-refractivity contribution is 9.10. The number of rotatable bonds is 5. The van der Waals surface area contributed by atoms with E-state index in [4.69, 9.17) is 4.74 Å². The Morgan fingerprint density at radius 3 is 2.52 bits per heavy atom. The molecule has 7 heteroatoms. The van der Waals surface area contributed by atoms with Gasteiger partial charge in [0.1, 0.15) is 11.6 Å². The quantitative estimate of drug-likeness (QED) is 0.258. The molecule has 0 aliphatic rings. The molecule has 3 rings (SSSR count). The average molecular weight is 455 g/mol. The van der Waals surface area contributed by atoms with E-state index in [1.165, 1.54) is 24.4 Å². The smallest absolute Gasteiger partial charge is 0.343 e. The molecule has 0 aliphatic carbocycles. The van der Waals surface area contributed by atoms with Crippen LogP contribution in [-0.4, -0.2) is 18.1 Å². The summed E-state index contributed by atoms with van der Waals surface area (Å²) < 4.78 is 19.9. The van der Waals surface area contributed by atoms with Gasteiger partial charge in [0.05, 0.1) is 17.3 Å². The third-order valence-electron chi connectivity index (χ3n) is 3.95. The number of amides is 1. The second-order valence-corrected chi connectivity index (χ2v) is 7.03. The molecule has 29 heavy (non-hydrogen) atoms. The van der Waals surface area contributed by atoms with Gasteiger partial charge in [-0.15, -0.1) is 0 Å². The van der Waals surface area contributed by atoms with Crippen molar-refractivity contribution in [3.8, 4) is 5.75 Å². The fraction of sp³-hybridized carbons (Fsp3) is 0.0455. The number of nitrogens with one attached hydrogen (secondary N) is 1. The Labute approximate surface area is 175 Å². The van der Waals surface area contributed by atoms with Crippen LogP contribution in [0, 0.1) is 12.7 Å². The predicted molar refractivity (Wildman–Crippen MR) is 112 cm³/mol. The summed E-state index contributed by atoms with van der Waals surface area (Å²) in [4.78, 5) is 24.4. The minimum atomic E-state index is -0.687. The highest BCUT2D eigenvalue weighted by atomic mass is 79.9. The van der Waals surface area contributed by atoms with Gasteiger partial charge in [-0.25, -0.2) is 14.6 Å². The molecule has 0 heterocycles. The van der Waals surface area contributed by atoms with Crippen LogP contribution in [0.25, 0.3) is 0 Å². The first kappa shape index (κ1) is 20.4. The first-order chi connectivity index (χ1) is 13.9. The normalized spacial score (nSPS) is 10.7. The molecule has 3 aromatic carbocycles. The van der Waals surface area contributed by atoms with Gasteiger partial charge in [0.25, 0.3) is 5.91 Å². The van der Waals surface area contributed by atoms with E-state index in [0.29, 0.717) is 11.1 Å². The molecule has 0 spiro atoms. The van der Waals surface area contributed by atoms with Crippen LogP contribution in [0.4, 0.5) is 4.39 Å². The number of aryl methyl sites for hydroxylation is 1. The van der Waals surface area contributed by atoms with E-state index in [1.807, 2.05) is 19.1 Å². The lowest BCUT2D eigenvalue weighted by atomic mass is 10.1. The number of carbonyl (C=O) groups excluding carboxylic acids is 2. The van der Waals surface area contributed by atoms with Crippen LogP contribution < -0.4 is 10.2 Å². The summed E-state index contributed by atoms with van der Waals surface area (Å²) in [5.74, 6) is -1.58. The second kappa shape index (κ2) is 9.25. The number of halogens is 2. The Kier molecular flexibility index (Phi) is 6.51. The minimum Gasteiger partial charge on any atom is -0.422 e. The van der Waals surface area contributed by atoms with Crippen molar-refractivity contribution in [3.63, 3.8) is 0 Å². The molecule has 146 valence electrons. The van der Waals surface area contributed by atoms with Gasteiger partial charge in [-0.05, 0) is 49.4 Å². The molecule has 3 aromatic rings. The lowest BCUT2D eigenvalue weighted by Crippen LogP contribution is -2.19. The van der Waals surface area contributed by atoms with E-state index in [0.717, 1.165) is 10.0 Å². The summed E-state index contributed by atoms with van der Waals surface area (Å²) in [6.45, 7) is 1.92. The Morgan fingerprint density at radius 1 is 1.07 bits per heavy atom. The van der Waals surface area contributed by atoms with Gasteiger partial charge >= 0.3 is 5.97 Å². The number of hydrogen-bond donors (Lipinski definition) is 1. The zero-order valence-corrected chi connectivity index (χ0v) is 16.9. The van der Waals surface area contributed by atoms with Crippen molar-refractivity contribution in [2.24, 2.45) is 5.10 Å². The van der Waals surface area contributed by atoms with Gasteiger partial charge < -0.3 is 4.74 Å². The molecule has 0 aromatic heterocycles. The van der Waals surface area contributed by atoms with Crippen molar-refractivity contribution in [3.05, 3.63) is 99.3 Å². The molecular formula is C22H16BrFN2O3. The molecule has 0 fully saturated rings. The molecule has 0 saturated carbocycles. The highest BCUT2D eigenvalue weighted by Gasteiger charge is 2.12. The summed E-state index contributed by atoms with van der Waals surface area (Å²) in [5, 5.41) is 3.85. The van der Waals surface area contributed by atoms with E-state index >= 15 is 0 Å². The number of benzene rings is 3. The Morgan fingerprint density at radius 2 is 1.79 bits per heavy atom. The molecular weight excluding hydrogens is 439 g/mol. The third-order valence-corrected chi connectivity index (χ3v) is 4.44. The molecule has 1 N–H and O–H groups in total. The lowest BCUT2D eigenvalue weighted by Gasteiger charge is -2.08. The Bertz CT molecular complexity index is 1080. The predicted octanol–water partition coefficient (Wildman–Crippen LogP) is 4.88. The largest absolute Gasteiger partial charge is 0.422 e. The van der Waals surface area contributed by atoms with Crippen LogP contribution in [0.15, 0.2) is 76.3 Å². The number of hydrogen-bond acceptors (Lipinski definition) is 4. The van der Waals surface area contributed by atoms with Crippen LogP contribution in [0.5, 0.6) is 5.75 Å². The summed E-state index contributed by atoms with van der Waals surface area (Å²) in [6, 6.07) is 17.6. The van der Waals surface area contributed by atoms with E-state index in [1.54, 1.807) is 36.4 Å². The van der Waals surface area contributed by atoms with Crippen molar-refractivity contribution in [2.45, 2.75) is 6.92 Å². The minimum absolute atomic E-state index is 0.120. The lowest BCUT2D eigenvalue weighted by molar-refractivity contribution is 0.0734. The second-order valence-electron chi connectivity index (χ2n) is 6.12. The molecule has 1 amide bonds. The summed E-state index contributed by atoms with van der Waals surface area (Å²) >= 11 is 3.34. The van der Waals surface area contributed by atoms with Crippen LogP contribution >= 0.6 is 15.9 Å². The third kappa shape index (κ3) is 5.36. The number of hydrazone groups is 1. The van der Waals surface area contributed by atoms with Gasteiger partial charge in [-0.1, -0.05) is 45.8 Å². The van der Waals surface area contributed by atoms with Gasteiger partial charge in [-0.3, -0.25) is 4.79 Å². The topological polar surface area (TPSA) is 67.8 Å². The van der Waals surface area contributed by atoms with Crippen LogP contribution in [0.3, 0.4) is 0 Å². The van der Waals surface area contributed by atoms with Gasteiger partial charge in [0, 0.05) is 10.0 Å². The average Bonchev–Trinajstić information content (AvgIpc) is 2.70. The monoisotopic (exact) mass is 454 g/mol. The molecule has 0 saturated heterocycles. The number of carbonyl (C=O) groups is 2. The van der Waals surface area contributed by atoms with Crippen molar-refractivity contribution in [2.75, 3.05) is 0 Å². The SMILES string of the molecule is Cc1ccc(C(=O)Oc2ccc(Br)cc2/C=N\NC(=O)c2ccccc2F)cc1. The van der Waals surface area contributed by atoms with Gasteiger partial charge in [0.2, 0.25) is 0 Å². The first-order valence-corrected chi connectivity index (χ1v) is 9.39. The molecule has 0 atom stereocenters. The number of nitrogens with zero attached hydrogens (tertiary/aromatic N) is 1. The van der Waals surface area contributed by atoms with E-state index < -0.39 is 17.7 Å². The van der Waals surface area contributed by atoms with Crippen LogP contribution in [0.1, 0.15) is 31.8 Å². The van der Waals surface area contributed by atoms with E-state index in [-0.39, 0.29) is 11.3 Å². The molecule has 0 aliphatic heterocycles. The van der Waals surface area contributed by atoms with Crippen molar-refractivity contribution >= 4 is 34.0 Å². The highest BCUT2D eigenvalue weighted by Crippen LogP contribution is 2.23. The fourth-order valence-corrected chi connectivity index (χ4v) is 2.81. The van der Waals surface area contributed by atoms with Crippen molar-refractivity contribution < 1.29 is 18.7 Å². The first-order valence-electron chi connectivity index (χ1n) is 8.60. The van der Waals surface area contributed by atoms with Crippen molar-refractivity contribution in [1.29, 1.82) is 0 Å². The summed E-state index contributed by atoms with van der Waals surface area (Å²) in [7, 11) is 0. The van der Waals surface area contributed by atoms with E-state index in [9.17, 15) is 14.0 Å². The van der Waals surface area contributed by atoms with Crippen LogP contribution in [0.2, 0.25) is 0 Å². The fourth-order valence-electron chi connectivity index (χ4n) is 2.43. The van der Waals surface area contributed by atoms with Crippen molar-refractivity contribution in [1.82, 2.24) is 5.43 Å². The standard InChI is InChI=1S/C22H16BrFN2O3/c1-14-6-8-15(9-7-14)22(28)29-20-11-10-17(23)12-16(20)13-25-26-21(27)18-4-2-3-5-19(18)24/h2-13H,1H3,(H,26,27)/b25-13-. The number of esters is 1. The maximum absolute atomic E-state index is 13.7. The zero-order chi connectivity index (χ0) is 20.8. The number of ether oxygens (including phenoxy) is 1. The summed E-state index contributed by atoms with van der Waals surface area (Å²) in [6.07, 6.45) is 1.32. The molecule has 5 nitrogen and oxygen atoms in total. The van der Waals surface area contributed by atoms with Crippen LogP contribution in [-0.2, 0) is 0 Å². The Balaban J connectivity index is 1.75. The molecule has 0 bridgehead atoms. The molecule has 0 radical (unpaired) electrons. The van der Waals surface area contributed by atoms with E-state index in [2.05, 4.69) is 26.5 Å². The van der Waals surface area contributed by atoms with Gasteiger partial charge in [0.15, 0.2) is 0 Å². The van der Waals surface area contributed by atoms with Gasteiger partial charge in [-0.2, -0.15) is 5.10 Å². The maximum Gasteiger partial charge on any atom is 0.343 e. The maximum atomic E-state index is 13.7.